The second-order valence-corrected chi connectivity index (χ2v) is 2.80. The molecule has 0 aromatic heterocycles. The molecule has 74 valence electrons. The van der Waals surface area contributed by atoms with E-state index in [1.165, 1.54) is 0 Å². The van der Waals surface area contributed by atoms with Crippen LogP contribution in [0.4, 0.5) is 8.78 Å². The fourth-order valence-corrected chi connectivity index (χ4v) is 1.02. The molecule has 0 saturated carbocycles. The van der Waals surface area contributed by atoms with E-state index in [2.05, 4.69) is 0 Å². The molecule has 0 unspecified atom stereocenters. The van der Waals surface area contributed by atoms with Crippen LogP contribution in [0, 0.1) is 11.6 Å². The van der Waals surface area contributed by atoms with Gasteiger partial charge in [0, 0.05) is 5.56 Å². The summed E-state index contributed by atoms with van der Waals surface area (Å²) < 4.78 is 25.3. The fraction of sp³-hybridized carbons (Fsp3) is 0. The Morgan fingerprint density at radius 1 is 1.29 bits per heavy atom. The maximum absolute atomic E-state index is 12.7. The minimum Gasteiger partial charge on any atom is -0.475 e. The Labute approximate surface area is 81.9 Å². The van der Waals surface area contributed by atoms with Crippen molar-refractivity contribution < 1.29 is 23.5 Å². The number of carbonyl (C=O) groups excluding carboxylic acids is 1. The third kappa shape index (κ3) is 1.88. The Balaban J connectivity index is 3.26. The summed E-state index contributed by atoms with van der Waals surface area (Å²) in [5.41, 5.74) is -0.499. The minimum absolute atomic E-state index is 0.484. The molecule has 1 aromatic carbocycles. The van der Waals surface area contributed by atoms with Crippen molar-refractivity contribution in [3.63, 3.8) is 0 Å². The van der Waals surface area contributed by atoms with Gasteiger partial charge in [0.05, 0.1) is 5.02 Å². The van der Waals surface area contributed by atoms with Crippen molar-refractivity contribution in [3.05, 3.63) is 34.4 Å². The Hall–Kier alpha value is -1.49. The van der Waals surface area contributed by atoms with Crippen molar-refractivity contribution in [3.8, 4) is 0 Å². The fourth-order valence-electron chi connectivity index (χ4n) is 0.810. The highest BCUT2D eigenvalue weighted by Crippen LogP contribution is 2.19. The van der Waals surface area contributed by atoms with Crippen LogP contribution in [0.15, 0.2) is 12.1 Å². The number of carbonyl (C=O) groups is 2. The molecular weight excluding hydrogens is 218 g/mol. The summed E-state index contributed by atoms with van der Waals surface area (Å²) in [4.78, 5) is 21.0. The van der Waals surface area contributed by atoms with Crippen LogP contribution in [0.3, 0.4) is 0 Å². The maximum Gasteiger partial charge on any atom is 0.377 e. The third-order valence-corrected chi connectivity index (χ3v) is 1.72. The van der Waals surface area contributed by atoms with Crippen LogP contribution in [0.5, 0.6) is 0 Å². The average Bonchev–Trinajstić information content (AvgIpc) is 2.12. The molecule has 1 N–H and O–H groups in total. The Morgan fingerprint density at radius 3 is 2.29 bits per heavy atom. The Bertz CT molecular complexity index is 394. The normalized spacial score (nSPS) is 9.93. The molecule has 0 bridgehead atoms. The number of carboxylic acids is 1. The van der Waals surface area contributed by atoms with Gasteiger partial charge in [-0.2, -0.15) is 0 Å². The lowest BCUT2D eigenvalue weighted by atomic mass is 10.1. The van der Waals surface area contributed by atoms with Gasteiger partial charge in [-0.05, 0) is 12.1 Å². The molecule has 0 aliphatic heterocycles. The van der Waals surface area contributed by atoms with Crippen LogP contribution in [0.25, 0.3) is 0 Å². The Kier molecular flexibility index (Phi) is 2.81. The van der Waals surface area contributed by atoms with Crippen molar-refractivity contribution in [1.82, 2.24) is 0 Å². The van der Waals surface area contributed by atoms with Gasteiger partial charge < -0.3 is 5.11 Å². The van der Waals surface area contributed by atoms with Crippen molar-refractivity contribution in [2.45, 2.75) is 0 Å². The van der Waals surface area contributed by atoms with Gasteiger partial charge in [-0.1, -0.05) is 11.6 Å². The summed E-state index contributed by atoms with van der Waals surface area (Å²) in [7, 11) is 0. The number of ketones is 1. The van der Waals surface area contributed by atoms with Crippen molar-refractivity contribution >= 4 is 23.4 Å². The first-order valence-electron chi connectivity index (χ1n) is 3.35. The molecule has 0 atom stereocenters. The summed E-state index contributed by atoms with van der Waals surface area (Å²) in [5, 5.41) is 7.65. The van der Waals surface area contributed by atoms with E-state index in [-0.39, 0.29) is 0 Å². The van der Waals surface area contributed by atoms with Gasteiger partial charge in [0.2, 0.25) is 0 Å². The number of carboxylic acid groups (broad SMARTS) is 1. The van der Waals surface area contributed by atoms with Gasteiger partial charge in [-0.3, -0.25) is 4.79 Å². The maximum atomic E-state index is 12.7. The van der Waals surface area contributed by atoms with E-state index in [1.807, 2.05) is 0 Å². The third-order valence-electron chi connectivity index (χ3n) is 1.44. The molecule has 0 aliphatic rings. The van der Waals surface area contributed by atoms with Crippen molar-refractivity contribution in [2.24, 2.45) is 0 Å². The Morgan fingerprint density at radius 2 is 1.86 bits per heavy atom. The number of Topliss-reactive ketones (excluding diaryl/α,β-unsaturated/α-hetero) is 1. The number of halogens is 3. The highest BCUT2D eigenvalue weighted by atomic mass is 35.5. The molecule has 0 heterocycles. The molecule has 0 fully saturated rings. The summed E-state index contributed by atoms with van der Waals surface area (Å²) >= 11 is 5.21. The largest absolute Gasteiger partial charge is 0.475 e. The van der Waals surface area contributed by atoms with Crippen molar-refractivity contribution in [2.75, 3.05) is 0 Å². The second-order valence-electron chi connectivity index (χ2n) is 2.39. The SMILES string of the molecule is O=C(O)C(=O)c1cc(F)c(F)c(Cl)c1. The van der Waals surface area contributed by atoms with Gasteiger partial charge in [0.15, 0.2) is 11.6 Å². The first-order chi connectivity index (χ1) is 6.43. The quantitative estimate of drug-likeness (QED) is 0.470. The second kappa shape index (κ2) is 3.71. The monoisotopic (exact) mass is 220 g/mol. The van der Waals surface area contributed by atoms with Gasteiger partial charge in [0.1, 0.15) is 0 Å². The predicted molar refractivity (Wildman–Crippen MR) is 43.3 cm³/mol. The lowest BCUT2D eigenvalue weighted by Crippen LogP contribution is -2.13. The highest BCUT2D eigenvalue weighted by molar-refractivity contribution is 6.40. The molecule has 1 rings (SSSR count). The van der Waals surface area contributed by atoms with Crippen LogP contribution < -0.4 is 0 Å². The highest BCUT2D eigenvalue weighted by Gasteiger charge is 2.18. The van der Waals surface area contributed by atoms with Crippen LogP contribution in [0.1, 0.15) is 10.4 Å². The number of hydrogen-bond donors (Lipinski definition) is 1. The van der Waals surface area contributed by atoms with Gasteiger partial charge in [0.25, 0.3) is 5.78 Å². The lowest BCUT2D eigenvalue weighted by molar-refractivity contribution is -0.131. The number of hydrogen-bond acceptors (Lipinski definition) is 2. The molecular formula is C8H3ClF2O3. The molecule has 0 radical (unpaired) electrons. The van der Waals surface area contributed by atoms with E-state index >= 15 is 0 Å². The van der Waals surface area contributed by atoms with E-state index < -0.39 is 34.0 Å². The summed E-state index contributed by atoms with van der Waals surface area (Å²) in [6.07, 6.45) is 0. The first-order valence-corrected chi connectivity index (χ1v) is 3.73. The van der Waals surface area contributed by atoms with Crippen LogP contribution >= 0.6 is 11.6 Å². The summed E-state index contributed by atoms with van der Waals surface area (Å²) in [6, 6.07) is 1.24. The van der Waals surface area contributed by atoms with Crippen LogP contribution in [-0.2, 0) is 4.79 Å². The smallest absolute Gasteiger partial charge is 0.377 e. The van der Waals surface area contributed by atoms with E-state index in [0.717, 1.165) is 6.07 Å². The van der Waals surface area contributed by atoms with Crippen LogP contribution in [0.2, 0.25) is 5.02 Å². The zero-order valence-corrected chi connectivity index (χ0v) is 7.31. The number of rotatable bonds is 2. The zero-order valence-electron chi connectivity index (χ0n) is 6.55. The summed E-state index contributed by atoms with van der Waals surface area (Å²) in [5.74, 6) is -5.77. The molecule has 0 aliphatic carbocycles. The van der Waals surface area contributed by atoms with E-state index in [1.54, 1.807) is 0 Å². The minimum atomic E-state index is -1.76. The van der Waals surface area contributed by atoms with E-state index in [4.69, 9.17) is 16.7 Å². The molecule has 6 heteroatoms. The molecule has 0 amide bonds. The van der Waals surface area contributed by atoms with Gasteiger partial charge in [-0.15, -0.1) is 0 Å². The van der Waals surface area contributed by atoms with E-state index in [9.17, 15) is 18.4 Å². The zero-order chi connectivity index (χ0) is 10.9. The van der Waals surface area contributed by atoms with Gasteiger partial charge >= 0.3 is 5.97 Å². The lowest BCUT2D eigenvalue weighted by Gasteiger charge is -1.99. The number of aliphatic carboxylic acids is 1. The number of benzene rings is 1. The van der Waals surface area contributed by atoms with E-state index in [0.29, 0.717) is 6.07 Å². The first kappa shape index (κ1) is 10.6. The summed E-state index contributed by atoms with van der Waals surface area (Å²) in [6.45, 7) is 0. The molecule has 0 spiro atoms. The average molecular weight is 221 g/mol. The molecule has 3 nitrogen and oxygen atoms in total. The predicted octanol–water partition coefficient (Wildman–Crippen LogP) is 1.89. The molecule has 1 aromatic rings. The molecule has 14 heavy (non-hydrogen) atoms. The van der Waals surface area contributed by atoms with Gasteiger partial charge in [-0.25, -0.2) is 13.6 Å². The van der Waals surface area contributed by atoms with Crippen LogP contribution in [-0.4, -0.2) is 16.9 Å². The van der Waals surface area contributed by atoms with Crippen molar-refractivity contribution in [1.29, 1.82) is 0 Å². The topological polar surface area (TPSA) is 54.4 Å². The molecule has 0 saturated heterocycles. The standard InChI is InChI=1S/C8H3ClF2O3/c9-4-1-3(7(12)8(13)14)2-5(10)6(4)11/h1-2H,(H,13,14).